The van der Waals surface area contributed by atoms with Crippen molar-refractivity contribution >= 4 is 28.3 Å². The number of nitrogens with zero attached hydrogens (tertiary/aromatic N) is 1. The van der Waals surface area contributed by atoms with Crippen LogP contribution in [0.4, 0.5) is 5.69 Å². The minimum atomic E-state index is -0.397. The van der Waals surface area contributed by atoms with Gasteiger partial charge in [0.2, 0.25) is 0 Å². The Morgan fingerprint density at radius 3 is 2.55 bits per heavy atom. The number of nitro benzene ring substituents is 1. The van der Waals surface area contributed by atoms with Gasteiger partial charge in [-0.2, -0.15) is 0 Å². The molecule has 0 spiro atoms. The van der Waals surface area contributed by atoms with E-state index >= 15 is 0 Å². The Morgan fingerprint density at radius 2 is 2.10 bits per heavy atom. The van der Waals surface area contributed by atoms with Gasteiger partial charge >= 0.3 is 0 Å². The predicted molar refractivity (Wildman–Crippen MR) is 89.8 cm³/mol. The number of nitrogens with two attached hydrogens (primary N) is 1. The van der Waals surface area contributed by atoms with Gasteiger partial charge in [-0.15, -0.1) is 0 Å². The van der Waals surface area contributed by atoms with Crippen molar-refractivity contribution in [1.82, 2.24) is 5.32 Å². The molecule has 6 heteroatoms. The highest BCUT2D eigenvalue weighted by Gasteiger charge is 2.15. The highest BCUT2D eigenvalue weighted by atomic mass is 127. The lowest BCUT2D eigenvalue weighted by molar-refractivity contribution is -0.384. The van der Waals surface area contributed by atoms with Crippen molar-refractivity contribution in [3.05, 3.63) is 51.7 Å². The molecule has 0 aliphatic rings. The summed E-state index contributed by atoms with van der Waals surface area (Å²) in [4.78, 5) is 10.2. The average molecular weight is 389 g/mol. The number of benzene rings is 1. The first-order valence-corrected chi connectivity index (χ1v) is 7.77. The van der Waals surface area contributed by atoms with Gasteiger partial charge in [-0.1, -0.05) is 47.7 Å². The van der Waals surface area contributed by atoms with Crippen LogP contribution in [0, 0.1) is 10.1 Å². The smallest absolute Gasteiger partial charge is 0.269 e. The number of nitro groups is 1. The quantitative estimate of drug-likeness (QED) is 0.247. The van der Waals surface area contributed by atoms with E-state index in [2.05, 4.69) is 34.8 Å². The molecule has 20 heavy (non-hydrogen) atoms. The molecule has 0 amide bonds. The number of halogens is 1. The molecule has 2 atom stereocenters. The van der Waals surface area contributed by atoms with Crippen LogP contribution < -0.4 is 11.1 Å². The van der Waals surface area contributed by atoms with E-state index in [9.17, 15) is 10.1 Å². The lowest BCUT2D eigenvalue weighted by Crippen LogP contribution is -2.41. The van der Waals surface area contributed by atoms with Crippen LogP contribution in [0.1, 0.15) is 25.8 Å². The Bertz CT molecular complexity index is 474. The lowest BCUT2D eigenvalue weighted by atomic mass is 10.1. The molecule has 1 unspecified atom stereocenters. The van der Waals surface area contributed by atoms with E-state index in [0.29, 0.717) is 6.42 Å². The minimum absolute atomic E-state index is 0.0569. The number of allylic oxidation sites excluding steroid dienone is 2. The van der Waals surface area contributed by atoms with Crippen LogP contribution >= 0.6 is 22.6 Å². The maximum Gasteiger partial charge on any atom is 0.269 e. The first kappa shape index (κ1) is 16.9. The molecule has 3 N–H and O–H groups in total. The molecule has 1 aromatic rings. The van der Waals surface area contributed by atoms with Crippen LogP contribution in [0.15, 0.2) is 36.0 Å². The van der Waals surface area contributed by atoms with E-state index in [4.69, 9.17) is 5.73 Å². The van der Waals surface area contributed by atoms with Gasteiger partial charge in [0, 0.05) is 23.9 Å². The molecule has 0 heterocycles. The predicted octanol–water partition coefficient (Wildman–Crippen LogP) is 3.13. The van der Waals surface area contributed by atoms with Gasteiger partial charge in [-0.05, 0) is 25.3 Å². The minimum Gasteiger partial charge on any atom is -0.376 e. The van der Waals surface area contributed by atoms with Crippen molar-refractivity contribution in [3.8, 4) is 0 Å². The second-order valence-electron chi connectivity index (χ2n) is 4.51. The number of nitrogens with one attached hydrogen (secondary N) is 1. The third-order valence-corrected chi connectivity index (χ3v) is 4.28. The summed E-state index contributed by atoms with van der Waals surface area (Å²) in [7, 11) is 0. The summed E-state index contributed by atoms with van der Waals surface area (Å²) in [6.07, 6.45) is 3.67. The van der Waals surface area contributed by atoms with E-state index in [0.717, 1.165) is 12.0 Å². The van der Waals surface area contributed by atoms with E-state index in [1.54, 1.807) is 12.1 Å². The highest BCUT2D eigenvalue weighted by Crippen LogP contribution is 2.15. The van der Waals surface area contributed by atoms with E-state index < -0.39 is 4.92 Å². The van der Waals surface area contributed by atoms with Gasteiger partial charge < -0.3 is 11.1 Å². The van der Waals surface area contributed by atoms with Gasteiger partial charge in [-0.25, -0.2) is 0 Å². The molecule has 0 saturated heterocycles. The molecule has 0 saturated carbocycles. The SMILES string of the molecule is C/C=C(/CC)NC(I)[C@@H](N)Cc1ccc([N+](=O)[O-])cc1. The first-order chi connectivity index (χ1) is 9.47. The monoisotopic (exact) mass is 389 g/mol. The lowest BCUT2D eigenvalue weighted by Gasteiger charge is -2.22. The summed E-state index contributed by atoms with van der Waals surface area (Å²) in [6.45, 7) is 4.09. The van der Waals surface area contributed by atoms with Crippen LogP contribution in [0.5, 0.6) is 0 Å². The molecule has 0 aliphatic heterocycles. The van der Waals surface area contributed by atoms with Crippen molar-refractivity contribution in [2.45, 2.75) is 36.8 Å². The molecule has 1 aromatic carbocycles. The Kier molecular flexibility index (Phi) is 6.94. The standard InChI is InChI=1S/C14H20IN3O2/c1-3-11(4-2)17-14(15)13(16)9-10-5-7-12(8-6-10)18(19)20/h3,5-8,13-14,17H,4,9,16H2,1-2H3/b11-3-/t13-,14?/m0/s1. The van der Waals surface area contributed by atoms with Gasteiger partial charge in [-0.3, -0.25) is 10.1 Å². The summed E-state index contributed by atoms with van der Waals surface area (Å²) >= 11 is 2.29. The molecule has 0 bridgehead atoms. The number of non-ortho nitro benzene ring substituents is 1. The number of hydrogen-bond donors (Lipinski definition) is 2. The third-order valence-electron chi connectivity index (χ3n) is 3.05. The first-order valence-electron chi connectivity index (χ1n) is 6.52. The van der Waals surface area contributed by atoms with Crippen LogP contribution in [-0.2, 0) is 6.42 Å². The normalized spacial score (nSPS) is 14.7. The molecule has 0 aromatic heterocycles. The van der Waals surface area contributed by atoms with Crippen molar-refractivity contribution in [2.24, 2.45) is 5.73 Å². The maximum absolute atomic E-state index is 10.6. The molecule has 0 radical (unpaired) electrons. The van der Waals surface area contributed by atoms with Gasteiger partial charge in [0.05, 0.1) is 8.97 Å². The molecule has 5 nitrogen and oxygen atoms in total. The van der Waals surface area contributed by atoms with E-state index in [1.807, 2.05) is 13.0 Å². The fraction of sp³-hybridized carbons (Fsp3) is 0.429. The number of hydrogen-bond acceptors (Lipinski definition) is 4. The maximum atomic E-state index is 10.6. The highest BCUT2D eigenvalue weighted by molar-refractivity contribution is 14.1. The molecule has 1 rings (SSSR count). The largest absolute Gasteiger partial charge is 0.376 e. The van der Waals surface area contributed by atoms with Crippen molar-refractivity contribution < 1.29 is 4.92 Å². The summed E-state index contributed by atoms with van der Waals surface area (Å²) < 4.78 is 0.119. The Hall–Kier alpha value is -1.15. The van der Waals surface area contributed by atoms with Gasteiger partial charge in [0.1, 0.15) is 0 Å². The van der Waals surface area contributed by atoms with Crippen LogP contribution in [0.3, 0.4) is 0 Å². The fourth-order valence-electron chi connectivity index (χ4n) is 1.80. The second-order valence-corrected chi connectivity index (χ2v) is 5.85. The van der Waals surface area contributed by atoms with Crippen molar-refractivity contribution in [1.29, 1.82) is 0 Å². The zero-order valence-corrected chi connectivity index (χ0v) is 13.8. The summed E-state index contributed by atoms with van der Waals surface area (Å²) in [6, 6.07) is 6.50. The summed E-state index contributed by atoms with van der Waals surface area (Å²) in [5, 5.41) is 14.0. The Labute approximate surface area is 132 Å². The third kappa shape index (κ3) is 5.09. The van der Waals surface area contributed by atoms with Gasteiger partial charge in [0.25, 0.3) is 5.69 Å². The van der Waals surface area contributed by atoms with Crippen molar-refractivity contribution in [2.75, 3.05) is 0 Å². The summed E-state index contributed by atoms with van der Waals surface area (Å²) in [5.74, 6) is 0. The number of rotatable bonds is 7. The average Bonchev–Trinajstić information content (AvgIpc) is 2.44. The summed E-state index contributed by atoms with van der Waals surface area (Å²) in [5.41, 5.74) is 8.45. The van der Waals surface area contributed by atoms with Crippen LogP contribution in [0.25, 0.3) is 0 Å². The molecule has 0 aliphatic carbocycles. The zero-order chi connectivity index (χ0) is 15.1. The topological polar surface area (TPSA) is 81.2 Å². The van der Waals surface area contributed by atoms with Crippen molar-refractivity contribution in [3.63, 3.8) is 0 Å². The van der Waals surface area contributed by atoms with Crippen LogP contribution in [-0.4, -0.2) is 15.0 Å². The van der Waals surface area contributed by atoms with E-state index in [-0.39, 0.29) is 15.8 Å². The van der Waals surface area contributed by atoms with Crippen LogP contribution in [0.2, 0.25) is 0 Å². The number of alkyl halides is 1. The Balaban J connectivity index is 2.61. The van der Waals surface area contributed by atoms with Gasteiger partial charge in [0.15, 0.2) is 0 Å². The molecular weight excluding hydrogens is 369 g/mol. The van der Waals surface area contributed by atoms with E-state index in [1.165, 1.54) is 17.8 Å². The molecular formula is C14H20IN3O2. The molecule has 110 valence electrons. The second kappa shape index (κ2) is 8.21. The Morgan fingerprint density at radius 1 is 1.50 bits per heavy atom. The zero-order valence-electron chi connectivity index (χ0n) is 11.7. The fourth-order valence-corrected chi connectivity index (χ4v) is 2.46. The molecule has 0 fully saturated rings.